The zero-order chi connectivity index (χ0) is 15.2. The number of hydrogen-bond acceptors (Lipinski definition) is 3. The number of esters is 1. The fraction of sp³-hybridized carbons (Fsp3) is 0.125. The summed E-state index contributed by atoms with van der Waals surface area (Å²) in [4.78, 5) is 23.3. The number of aliphatic carboxylic acids is 1. The highest BCUT2D eigenvalue weighted by atomic mass is 35.5. The zero-order valence-electron chi connectivity index (χ0n) is 11.0. The Morgan fingerprint density at radius 3 is 2.24 bits per heavy atom. The fourth-order valence-corrected chi connectivity index (χ4v) is 1.97. The van der Waals surface area contributed by atoms with Crippen molar-refractivity contribution in [3.05, 3.63) is 70.7 Å². The Kier molecular flexibility index (Phi) is 4.95. The molecule has 4 nitrogen and oxygen atoms in total. The fourth-order valence-electron chi connectivity index (χ4n) is 1.85. The van der Waals surface area contributed by atoms with Crippen LogP contribution in [0.5, 0.6) is 0 Å². The average molecular weight is 305 g/mol. The Morgan fingerprint density at radius 1 is 1.05 bits per heavy atom. The monoisotopic (exact) mass is 304 g/mol. The van der Waals surface area contributed by atoms with Crippen molar-refractivity contribution in [3.63, 3.8) is 0 Å². The molecule has 0 radical (unpaired) electrons. The lowest BCUT2D eigenvalue weighted by molar-refractivity contribution is -0.155. The summed E-state index contributed by atoms with van der Waals surface area (Å²) < 4.78 is 5.08. The molecule has 0 aliphatic rings. The van der Waals surface area contributed by atoms with Gasteiger partial charge in [-0.15, -0.1) is 0 Å². The summed E-state index contributed by atoms with van der Waals surface area (Å²) in [7, 11) is 0. The molecule has 0 aromatic heterocycles. The Bertz CT molecular complexity index is 622. The number of carbonyl (C=O) groups is 2. The van der Waals surface area contributed by atoms with Gasteiger partial charge in [0.1, 0.15) is 6.61 Å². The van der Waals surface area contributed by atoms with Gasteiger partial charge in [-0.2, -0.15) is 0 Å². The molecule has 2 aromatic carbocycles. The van der Waals surface area contributed by atoms with Gasteiger partial charge in [-0.25, -0.2) is 0 Å². The normalized spacial score (nSPS) is 11.7. The molecule has 2 aromatic rings. The first-order valence-corrected chi connectivity index (χ1v) is 6.64. The van der Waals surface area contributed by atoms with E-state index in [1.165, 1.54) is 24.3 Å². The van der Waals surface area contributed by atoms with E-state index in [1.807, 2.05) is 18.2 Å². The summed E-state index contributed by atoms with van der Waals surface area (Å²) in [5, 5.41) is 9.70. The smallest absolute Gasteiger partial charge is 0.325 e. The van der Waals surface area contributed by atoms with Gasteiger partial charge in [0.2, 0.25) is 0 Å². The Labute approximate surface area is 126 Å². The van der Waals surface area contributed by atoms with Crippen LogP contribution in [0.15, 0.2) is 54.6 Å². The molecule has 0 aliphatic carbocycles. The van der Waals surface area contributed by atoms with Gasteiger partial charge in [0, 0.05) is 5.02 Å². The third-order valence-corrected chi connectivity index (χ3v) is 3.16. The standard InChI is InChI=1S/C16H13ClO4/c17-13-8-6-12(7-9-13)14(15(18)19)16(20)21-10-11-4-2-1-3-5-11/h1-9,14H,10H2,(H,18,19). The molecular weight excluding hydrogens is 292 g/mol. The number of carboxylic acids is 1. The van der Waals surface area contributed by atoms with E-state index >= 15 is 0 Å². The third kappa shape index (κ3) is 4.07. The second-order valence-electron chi connectivity index (χ2n) is 4.42. The largest absolute Gasteiger partial charge is 0.480 e. The molecule has 0 aliphatic heterocycles. The van der Waals surface area contributed by atoms with Crippen LogP contribution in [-0.4, -0.2) is 17.0 Å². The maximum Gasteiger partial charge on any atom is 0.325 e. The third-order valence-electron chi connectivity index (χ3n) is 2.91. The van der Waals surface area contributed by atoms with Crippen molar-refractivity contribution >= 4 is 23.5 Å². The Hall–Kier alpha value is -2.33. The second-order valence-corrected chi connectivity index (χ2v) is 4.85. The van der Waals surface area contributed by atoms with E-state index in [1.54, 1.807) is 12.1 Å². The highest BCUT2D eigenvalue weighted by Crippen LogP contribution is 2.21. The molecule has 0 fully saturated rings. The molecule has 2 rings (SSSR count). The summed E-state index contributed by atoms with van der Waals surface area (Å²) in [6.07, 6.45) is 0. The van der Waals surface area contributed by atoms with Crippen LogP contribution in [0.1, 0.15) is 17.0 Å². The quantitative estimate of drug-likeness (QED) is 0.680. The SMILES string of the molecule is O=C(O)C(C(=O)OCc1ccccc1)c1ccc(Cl)cc1. The van der Waals surface area contributed by atoms with Crippen molar-refractivity contribution in [2.75, 3.05) is 0 Å². The van der Waals surface area contributed by atoms with Gasteiger partial charge in [0.05, 0.1) is 0 Å². The van der Waals surface area contributed by atoms with Gasteiger partial charge < -0.3 is 9.84 Å². The molecule has 1 N–H and O–H groups in total. The van der Waals surface area contributed by atoms with Crippen molar-refractivity contribution in [1.82, 2.24) is 0 Å². The predicted molar refractivity (Wildman–Crippen MR) is 78.1 cm³/mol. The first kappa shape index (κ1) is 15.1. The summed E-state index contributed by atoms with van der Waals surface area (Å²) >= 11 is 5.75. The number of carbonyl (C=O) groups excluding carboxylic acids is 1. The van der Waals surface area contributed by atoms with Gasteiger partial charge >= 0.3 is 11.9 Å². The zero-order valence-corrected chi connectivity index (χ0v) is 11.8. The average Bonchev–Trinajstić information content (AvgIpc) is 2.48. The van der Waals surface area contributed by atoms with E-state index in [4.69, 9.17) is 16.3 Å². The molecule has 0 saturated carbocycles. The Balaban J connectivity index is 2.09. The summed E-state index contributed by atoms with van der Waals surface area (Å²) in [6.45, 7) is 0.0387. The number of rotatable bonds is 5. The van der Waals surface area contributed by atoms with E-state index in [9.17, 15) is 14.7 Å². The molecule has 0 bridgehead atoms. The van der Waals surface area contributed by atoms with Gasteiger partial charge in [-0.3, -0.25) is 9.59 Å². The molecule has 0 amide bonds. The molecule has 108 valence electrons. The van der Waals surface area contributed by atoms with Crippen molar-refractivity contribution in [2.45, 2.75) is 12.5 Å². The van der Waals surface area contributed by atoms with Crippen LogP contribution in [0.25, 0.3) is 0 Å². The van der Waals surface area contributed by atoms with Crippen LogP contribution >= 0.6 is 11.6 Å². The van der Waals surface area contributed by atoms with Crippen molar-refractivity contribution in [1.29, 1.82) is 0 Å². The van der Waals surface area contributed by atoms with Gasteiger partial charge in [0.15, 0.2) is 5.92 Å². The highest BCUT2D eigenvalue weighted by molar-refractivity contribution is 6.30. The maximum absolute atomic E-state index is 12.0. The summed E-state index contributed by atoms with van der Waals surface area (Å²) in [5.74, 6) is -3.41. The summed E-state index contributed by atoms with van der Waals surface area (Å²) in [5.41, 5.74) is 1.14. The molecule has 0 heterocycles. The number of carboxylic acid groups (broad SMARTS) is 1. The Morgan fingerprint density at radius 2 is 1.67 bits per heavy atom. The van der Waals surface area contributed by atoms with Crippen LogP contribution in [0.4, 0.5) is 0 Å². The van der Waals surface area contributed by atoms with Crippen LogP contribution in [0.3, 0.4) is 0 Å². The van der Waals surface area contributed by atoms with E-state index in [0.29, 0.717) is 10.6 Å². The van der Waals surface area contributed by atoms with E-state index < -0.39 is 17.9 Å². The summed E-state index contributed by atoms with van der Waals surface area (Å²) in [6, 6.07) is 15.2. The molecule has 1 atom stereocenters. The van der Waals surface area contributed by atoms with Crippen molar-refractivity contribution in [2.24, 2.45) is 0 Å². The lowest BCUT2D eigenvalue weighted by Crippen LogP contribution is -2.23. The van der Waals surface area contributed by atoms with Crippen LogP contribution in [0.2, 0.25) is 5.02 Å². The van der Waals surface area contributed by atoms with E-state index in [0.717, 1.165) is 5.56 Å². The highest BCUT2D eigenvalue weighted by Gasteiger charge is 2.29. The molecule has 0 spiro atoms. The van der Waals surface area contributed by atoms with Crippen LogP contribution in [0, 0.1) is 0 Å². The van der Waals surface area contributed by atoms with Gasteiger partial charge in [0.25, 0.3) is 0 Å². The van der Waals surface area contributed by atoms with Crippen molar-refractivity contribution in [3.8, 4) is 0 Å². The van der Waals surface area contributed by atoms with E-state index in [2.05, 4.69) is 0 Å². The molecule has 5 heteroatoms. The predicted octanol–water partition coefficient (Wildman–Crippen LogP) is 3.25. The molecular formula is C16H13ClO4. The molecule has 1 unspecified atom stereocenters. The number of halogens is 1. The lowest BCUT2D eigenvalue weighted by Gasteiger charge is -2.12. The van der Waals surface area contributed by atoms with Gasteiger partial charge in [-0.1, -0.05) is 54.1 Å². The van der Waals surface area contributed by atoms with Gasteiger partial charge in [-0.05, 0) is 23.3 Å². The first-order valence-electron chi connectivity index (χ1n) is 6.27. The van der Waals surface area contributed by atoms with Crippen LogP contribution < -0.4 is 0 Å². The minimum absolute atomic E-state index is 0.0387. The first-order chi connectivity index (χ1) is 10.1. The topological polar surface area (TPSA) is 63.6 Å². The number of benzene rings is 2. The lowest BCUT2D eigenvalue weighted by atomic mass is 9.99. The number of ether oxygens (including phenoxy) is 1. The van der Waals surface area contributed by atoms with Crippen molar-refractivity contribution < 1.29 is 19.4 Å². The minimum Gasteiger partial charge on any atom is -0.480 e. The molecule has 0 saturated heterocycles. The maximum atomic E-state index is 12.0. The minimum atomic E-state index is -1.36. The number of hydrogen-bond donors (Lipinski definition) is 1. The van der Waals surface area contributed by atoms with Crippen LogP contribution in [-0.2, 0) is 20.9 Å². The molecule has 21 heavy (non-hydrogen) atoms. The van der Waals surface area contributed by atoms with E-state index in [-0.39, 0.29) is 6.61 Å². The second kappa shape index (κ2) is 6.90.